The molecule has 2 saturated heterocycles. The third-order valence-corrected chi connectivity index (χ3v) is 3.22. The SMILES string of the molecule is OOON1CCC(N2CCCC2)CC1. The Morgan fingerprint density at radius 1 is 1.00 bits per heavy atom. The van der Waals surface area contributed by atoms with Crippen molar-refractivity contribution >= 4 is 0 Å². The van der Waals surface area contributed by atoms with Gasteiger partial charge >= 0.3 is 0 Å². The third-order valence-electron chi connectivity index (χ3n) is 3.22. The molecule has 0 radical (unpaired) electrons. The molecule has 0 spiro atoms. The quantitative estimate of drug-likeness (QED) is 0.544. The molecular weight excluding hydrogens is 184 g/mol. The molecule has 5 heteroatoms. The van der Waals surface area contributed by atoms with Crippen LogP contribution < -0.4 is 0 Å². The lowest BCUT2D eigenvalue weighted by atomic mass is 10.1. The van der Waals surface area contributed by atoms with Crippen molar-refractivity contribution in [2.45, 2.75) is 31.7 Å². The normalized spacial score (nSPS) is 27.2. The van der Waals surface area contributed by atoms with Crippen molar-refractivity contribution in [3.63, 3.8) is 0 Å². The fourth-order valence-electron chi connectivity index (χ4n) is 2.44. The number of hydrogen-bond acceptors (Lipinski definition) is 5. The zero-order valence-corrected chi connectivity index (χ0v) is 8.39. The Hall–Kier alpha value is -0.200. The van der Waals surface area contributed by atoms with Crippen LogP contribution in [0.4, 0.5) is 0 Å². The number of rotatable bonds is 3. The monoisotopic (exact) mass is 202 g/mol. The molecule has 0 aromatic carbocycles. The Morgan fingerprint density at radius 3 is 2.21 bits per heavy atom. The van der Waals surface area contributed by atoms with Crippen LogP contribution in [0.1, 0.15) is 25.7 Å². The first-order chi connectivity index (χ1) is 6.90. The minimum atomic E-state index is 0.705. The Kier molecular flexibility index (Phi) is 3.72. The van der Waals surface area contributed by atoms with E-state index in [-0.39, 0.29) is 0 Å². The van der Waals surface area contributed by atoms with Gasteiger partial charge in [-0.25, -0.2) is 5.26 Å². The summed E-state index contributed by atoms with van der Waals surface area (Å²) in [5.41, 5.74) is 0. The van der Waals surface area contributed by atoms with Gasteiger partial charge in [0.25, 0.3) is 0 Å². The van der Waals surface area contributed by atoms with E-state index >= 15 is 0 Å². The van der Waals surface area contributed by atoms with Gasteiger partial charge in [0.1, 0.15) is 0 Å². The van der Waals surface area contributed by atoms with E-state index in [4.69, 9.17) is 5.26 Å². The minimum absolute atomic E-state index is 0.705. The van der Waals surface area contributed by atoms with E-state index in [9.17, 15) is 0 Å². The highest BCUT2D eigenvalue weighted by molar-refractivity contribution is 4.80. The van der Waals surface area contributed by atoms with Gasteiger partial charge < -0.3 is 4.90 Å². The molecule has 0 unspecified atom stereocenters. The van der Waals surface area contributed by atoms with Gasteiger partial charge in [0.05, 0.1) is 0 Å². The second kappa shape index (κ2) is 5.04. The van der Waals surface area contributed by atoms with Crippen LogP contribution in [0.2, 0.25) is 0 Å². The van der Waals surface area contributed by atoms with Gasteiger partial charge in [0.2, 0.25) is 0 Å². The summed E-state index contributed by atoms with van der Waals surface area (Å²) < 4.78 is 0. The smallest absolute Gasteiger partial charge is 0.0286 e. The lowest BCUT2D eigenvalue weighted by Crippen LogP contribution is -2.43. The molecule has 0 saturated carbocycles. The van der Waals surface area contributed by atoms with E-state index in [0.29, 0.717) is 6.04 Å². The third kappa shape index (κ3) is 2.43. The summed E-state index contributed by atoms with van der Waals surface area (Å²) in [5, 5.41) is 13.4. The Labute approximate surface area is 84.0 Å². The number of likely N-dealkylation sites (tertiary alicyclic amines) is 1. The van der Waals surface area contributed by atoms with Crippen LogP contribution in [-0.4, -0.2) is 47.4 Å². The molecule has 2 fully saturated rings. The van der Waals surface area contributed by atoms with Crippen molar-refractivity contribution in [2.75, 3.05) is 26.2 Å². The van der Waals surface area contributed by atoms with Gasteiger partial charge in [-0.05, 0) is 38.8 Å². The molecule has 0 aromatic heterocycles. The summed E-state index contributed by atoms with van der Waals surface area (Å²) in [7, 11) is 0. The maximum absolute atomic E-state index is 8.12. The van der Waals surface area contributed by atoms with Gasteiger partial charge in [-0.1, -0.05) is 5.04 Å². The lowest BCUT2D eigenvalue weighted by Gasteiger charge is -2.34. The lowest BCUT2D eigenvalue weighted by molar-refractivity contribution is -0.567. The fourth-order valence-corrected chi connectivity index (χ4v) is 2.44. The van der Waals surface area contributed by atoms with Crippen molar-refractivity contribution in [1.29, 1.82) is 0 Å². The summed E-state index contributed by atoms with van der Waals surface area (Å²) in [6.45, 7) is 4.17. The van der Waals surface area contributed by atoms with Crippen molar-refractivity contribution in [3.05, 3.63) is 0 Å². The van der Waals surface area contributed by atoms with Gasteiger partial charge in [-0.2, -0.15) is 5.06 Å². The van der Waals surface area contributed by atoms with Crippen LogP contribution in [-0.2, 0) is 10.0 Å². The van der Waals surface area contributed by atoms with E-state index in [1.807, 2.05) is 0 Å². The van der Waals surface area contributed by atoms with Gasteiger partial charge in [-0.15, -0.1) is 4.99 Å². The molecule has 0 bridgehead atoms. The van der Waals surface area contributed by atoms with Crippen LogP contribution in [0.3, 0.4) is 0 Å². The highest BCUT2D eigenvalue weighted by Crippen LogP contribution is 2.20. The van der Waals surface area contributed by atoms with Crippen LogP contribution >= 0.6 is 0 Å². The highest BCUT2D eigenvalue weighted by Gasteiger charge is 2.26. The second-order valence-electron chi connectivity index (χ2n) is 4.05. The fraction of sp³-hybridized carbons (Fsp3) is 1.00. The topological polar surface area (TPSA) is 45.2 Å². The summed E-state index contributed by atoms with van der Waals surface area (Å²) in [4.78, 5) is 7.13. The van der Waals surface area contributed by atoms with E-state index in [1.54, 1.807) is 5.06 Å². The average molecular weight is 202 g/mol. The van der Waals surface area contributed by atoms with E-state index in [1.165, 1.54) is 25.9 Å². The second-order valence-corrected chi connectivity index (χ2v) is 4.05. The first-order valence-electron chi connectivity index (χ1n) is 5.37. The average Bonchev–Trinajstić information content (AvgIpc) is 2.72. The molecule has 2 aliphatic heterocycles. The molecular formula is C9H18N2O3. The van der Waals surface area contributed by atoms with Gasteiger partial charge in [0.15, 0.2) is 0 Å². The van der Waals surface area contributed by atoms with E-state index < -0.39 is 0 Å². The zero-order chi connectivity index (χ0) is 9.80. The van der Waals surface area contributed by atoms with E-state index in [0.717, 1.165) is 25.9 Å². The molecule has 2 aliphatic rings. The van der Waals surface area contributed by atoms with E-state index in [2.05, 4.69) is 14.9 Å². The molecule has 0 atom stereocenters. The maximum Gasteiger partial charge on any atom is 0.0286 e. The Morgan fingerprint density at radius 2 is 1.64 bits per heavy atom. The summed E-state index contributed by atoms with van der Waals surface area (Å²) in [6.07, 6.45) is 4.89. The van der Waals surface area contributed by atoms with Crippen LogP contribution in [0.5, 0.6) is 0 Å². The molecule has 1 N–H and O–H groups in total. The summed E-state index contributed by atoms with van der Waals surface area (Å²) in [6, 6.07) is 0.705. The highest BCUT2D eigenvalue weighted by atomic mass is 17.5. The zero-order valence-electron chi connectivity index (χ0n) is 8.39. The summed E-state index contributed by atoms with van der Waals surface area (Å²) >= 11 is 0. The Bertz CT molecular complexity index is 165. The molecule has 14 heavy (non-hydrogen) atoms. The summed E-state index contributed by atoms with van der Waals surface area (Å²) in [5.74, 6) is 0. The molecule has 5 nitrogen and oxygen atoms in total. The molecule has 2 rings (SSSR count). The van der Waals surface area contributed by atoms with Gasteiger partial charge in [-0.3, -0.25) is 0 Å². The Balaban J connectivity index is 1.72. The first-order valence-corrected chi connectivity index (χ1v) is 5.37. The number of piperidine rings is 1. The van der Waals surface area contributed by atoms with Gasteiger partial charge in [0, 0.05) is 19.1 Å². The van der Waals surface area contributed by atoms with Crippen molar-refractivity contribution in [3.8, 4) is 0 Å². The molecule has 0 aromatic rings. The van der Waals surface area contributed by atoms with Crippen molar-refractivity contribution in [1.82, 2.24) is 9.96 Å². The van der Waals surface area contributed by atoms with Crippen LogP contribution in [0.25, 0.3) is 0 Å². The molecule has 2 heterocycles. The van der Waals surface area contributed by atoms with Crippen molar-refractivity contribution in [2.24, 2.45) is 0 Å². The first kappa shape index (κ1) is 10.3. The van der Waals surface area contributed by atoms with Crippen LogP contribution in [0, 0.1) is 0 Å². The maximum atomic E-state index is 8.12. The minimum Gasteiger partial charge on any atom is -0.300 e. The number of hydrogen-bond donors (Lipinski definition) is 1. The van der Waals surface area contributed by atoms with Crippen molar-refractivity contribution < 1.29 is 15.3 Å². The standard InChI is InChI=1S/C9H18N2O3/c12-14-13-11-7-3-9(4-8-11)10-5-1-2-6-10/h9,12H,1-8H2. The molecule has 82 valence electrons. The molecule has 0 aliphatic carbocycles. The molecule has 0 amide bonds. The predicted molar refractivity (Wildman–Crippen MR) is 50.2 cm³/mol. The largest absolute Gasteiger partial charge is 0.300 e. The number of nitrogens with zero attached hydrogens (tertiary/aromatic N) is 2. The predicted octanol–water partition coefficient (Wildman–Crippen LogP) is 0.883. The van der Waals surface area contributed by atoms with Crippen LogP contribution in [0.15, 0.2) is 0 Å². The number of hydroxylamine groups is 2.